The summed E-state index contributed by atoms with van der Waals surface area (Å²) in [7, 11) is 2.99. The summed E-state index contributed by atoms with van der Waals surface area (Å²) in [5.74, 6) is -6.97. The van der Waals surface area contributed by atoms with Crippen LogP contribution < -0.4 is 0 Å². The van der Waals surface area contributed by atoms with Gasteiger partial charge < -0.3 is 39.2 Å². The van der Waals surface area contributed by atoms with Crippen molar-refractivity contribution in [3.05, 3.63) is 23.3 Å². The molecule has 0 aromatic rings. The average Bonchev–Trinajstić information content (AvgIpc) is 3.17. The fourth-order valence-corrected chi connectivity index (χ4v) is 9.03. The standard InChI is InChI=1S/C42H67NO11/c1-9-30-21-25(3)36(46)26(4)22-34(51-7)38-35(52-8)23-28(6)42(50,54-38)39(47)40(48)43-19-11-10-12-32(43)41(49)53-37(24(2)13-18-33(30)45)27(5)20-29-14-16-31(44)17-15-29/h20-21,24,26,28-32,34-38,44,46,50H,9-19,22-23H2,1-8H3/b25-21+,27-20+/t24-,26-,28-,29-,30-,31-,32+,34+,35+,36?,37+,38-,42-/m1/s1. The average molecular weight is 762 g/mol. The number of allylic oxidation sites excluding steroid dienone is 2. The zero-order valence-electron chi connectivity index (χ0n) is 33.8. The number of methoxy groups -OCH3 is 2. The SMILES string of the molecule is CC[C@@H]1/C=C(\C)C(O)[C@H](C)C[C@H](OC)[C@H]2O[C@@](O)(C(=O)C(=O)N3CCCC[C@H]3C(=O)O[C@H](/C(C)=C/[C@H]3CC[C@H](O)CC3)[C@H](C)CCC1=O)[C@H](C)C[C@@H]2OC. The Morgan fingerprint density at radius 2 is 1.59 bits per heavy atom. The fraction of sp³-hybridized carbons (Fsp3) is 0.810. The van der Waals surface area contributed by atoms with Crippen molar-refractivity contribution in [1.82, 2.24) is 4.90 Å². The van der Waals surface area contributed by atoms with Gasteiger partial charge in [-0.3, -0.25) is 14.4 Å². The Kier molecular flexibility index (Phi) is 16.0. The van der Waals surface area contributed by atoms with E-state index in [4.69, 9.17) is 18.9 Å². The predicted octanol–water partition coefficient (Wildman–Crippen LogP) is 4.85. The van der Waals surface area contributed by atoms with Gasteiger partial charge in [-0.25, -0.2) is 4.79 Å². The molecule has 4 rings (SSSR count). The second-order valence-corrected chi connectivity index (χ2v) is 16.7. The van der Waals surface area contributed by atoms with Crippen LogP contribution in [0.5, 0.6) is 0 Å². The van der Waals surface area contributed by atoms with Crippen LogP contribution in [0, 0.1) is 29.6 Å². The largest absolute Gasteiger partial charge is 0.456 e. The number of Topliss-reactive ketones (excluding diaryl/α,β-unsaturated/α-hetero) is 2. The second-order valence-electron chi connectivity index (χ2n) is 16.7. The van der Waals surface area contributed by atoms with Gasteiger partial charge in [0, 0.05) is 39.0 Å². The number of piperidine rings is 1. The molecule has 54 heavy (non-hydrogen) atoms. The van der Waals surface area contributed by atoms with Crippen molar-refractivity contribution in [2.75, 3.05) is 20.8 Å². The van der Waals surface area contributed by atoms with E-state index in [2.05, 4.69) is 6.08 Å². The molecule has 3 fully saturated rings. The van der Waals surface area contributed by atoms with Crippen molar-refractivity contribution < 1.29 is 53.4 Å². The molecule has 3 heterocycles. The summed E-state index contributed by atoms with van der Waals surface area (Å²) in [5.41, 5.74) is 1.49. The van der Waals surface area contributed by atoms with E-state index in [0.29, 0.717) is 50.5 Å². The molecule has 3 N–H and O–H groups in total. The molecular weight excluding hydrogens is 694 g/mol. The van der Waals surface area contributed by atoms with Crippen LogP contribution in [0.1, 0.15) is 119 Å². The topological polar surface area (TPSA) is 169 Å². The Morgan fingerprint density at radius 3 is 2.22 bits per heavy atom. The summed E-state index contributed by atoms with van der Waals surface area (Å²) in [6.07, 6.45) is 5.95. The number of rotatable bonds is 5. The molecule has 0 aromatic carbocycles. The number of amides is 1. The molecule has 2 bridgehead atoms. The first kappa shape index (κ1) is 44.2. The maximum absolute atomic E-state index is 14.2. The van der Waals surface area contributed by atoms with Gasteiger partial charge in [0.2, 0.25) is 5.79 Å². The summed E-state index contributed by atoms with van der Waals surface area (Å²) in [6.45, 7) is 11.2. The third kappa shape index (κ3) is 10.3. The van der Waals surface area contributed by atoms with Crippen LogP contribution in [0.3, 0.4) is 0 Å². The summed E-state index contributed by atoms with van der Waals surface area (Å²) in [6, 6.07) is -1.05. The molecule has 1 saturated carbocycles. The van der Waals surface area contributed by atoms with E-state index in [1.165, 1.54) is 19.1 Å². The molecule has 4 aliphatic rings. The summed E-state index contributed by atoms with van der Waals surface area (Å²) >= 11 is 0. The lowest BCUT2D eigenvalue weighted by molar-refractivity contribution is -0.302. The zero-order chi connectivity index (χ0) is 39.9. The van der Waals surface area contributed by atoms with Gasteiger partial charge >= 0.3 is 5.97 Å². The molecule has 2 saturated heterocycles. The number of carbonyl (C=O) groups excluding carboxylic acids is 4. The molecule has 0 radical (unpaired) electrons. The molecule has 0 aromatic heterocycles. The van der Waals surface area contributed by atoms with Crippen molar-refractivity contribution in [2.24, 2.45) is 29.6 Å². The van der Waals surface area contributed by atoms with Crippen LogP contribution in [-0.2, 0) is 38.1 Å². The lowest BCUT2D eigenvalue weighted by Crippen LogP contribution is -2.64. The number of nitrogens with zero attached hydrogens (tertiary/aromatic N) is 1. The summed E-state index contributed by atoms with van der Waals surface area (Å²) in [4.78, 5) is 57.4. The number of aliphatic hydroxyl groups excluding tert-OH is 2. The smallest absolute Gasteiger partial charge is 0.329 e. The number of aliphatic hydroxyl groups is 3. The Labute approximate surface area is 322 Å². The molecule has 12 nitrogen and oxygen atoms in total. The van der Waals surface area contributed by atoms with E-state index in [9.17, 15) is 34.5 Å². The minimum absolute atomic E-state index is 0.0340. The molecule has 1 unspecified atom stereocenters. The number of fused-ring (bicyclic) bond motifs is 3. The number of hydrogen-bond donors (Lipinski definition) is 3. The lowest BCUT2D eigenvalue weighted by atomic mass is 9.81. The Bertz CT molecular complexity index is 1370. The Hall–Kier alpha value is -2.48. The minimum Gasteiger partial charge on any atom is -0.456 e. The third-order valence-corrected chi connectivity index (χ3v) is 12.7. The highest BCUT2D eigenvalue weighted by Gasteiger charge is 2.56. The minimum atomic E-state index is -2.52. The monoisotopic (exact) mass is 761 g/mol. The third-order valence-electron chi connectivity index (χ3n) is 12.7. The van der Waals surface area contributed by atoms with Gasteiger partial charge in [0.25, 0.3) is 11.7 Å². The van der Waals surface area contributed by atoms with E-state index in [1.807, 2.05) is 33.8 Å². The molecule has 0 spiro atoms. The molecule has 1 aliphatic carbocycles. The van der Waals surface area contributed by atoms with E-state index in [1.54, 1.807) is 13.8 Å². The predicted molar refractivity (Wildman–Crippen MR) is 202 cm³/mol. The van der Waals surface area contributed by atoms with E-state index < -0.39 is 71.8 Å². The van der Waals surface area contributed by atoms with Gasteiger partial charge in [-0.15, -0.1) is 0 Å². The number of cyclic esters (lactones) is 1. The summed E-state index contributed by atoms with van der Waals surface area (Å²) < 4.78 is 24.1. The van der Waals surface area contributed by atoms with Crippen molar-refractivity contribution in [2.45, 2.75) is 167 Å². The van der Waals surface area contributed by atoms with Gasteiger partial charge in [-0.05, 0) is 113 Å². The first-order chi connectivity index (χ1) is 25.6. The number of hydrogen-bond acceptors (Lipinski definition) is 11. The Morgan fingerprint density at radius 1 is 0.944 bits per heavy atom. The van der Waals surface area contributed by atoms with Gasteiger partial charge in [0.1, 0.15) is 24.0 Å². The number of carbonyl (C=O) groups is 4. The van der Waals surface area contributed by atoms with Gasteiger partial charge in [0.15, 0.2) is 0 Å². The van der Waals surface area contributed by atoms with Crippen LogP contribution in [-0.4, -0.2) is 113 Å². The van der Waals surface area contributed by atoms with Crippen LogP contribution in [0.4, 0.5) is 0 Å². The second kappa shape index (κ2) is 19.6. The first-order valence-electron chi connectivity index (χ1n) is 20.3. The van der Waals surface area contributed by atoms with E-state index >= 15 is 0 Å². The normalized spacial score (nSPS) is 41.3. The molecule has 3 aliphatic heterocycles. The van der Waals surface area contributed by atoms with Gasteiger partial charge in [-0.1, -0.05) is 39.8 Å². The maximum Gasteiger partial charge on any atom is 0.329 e. The highest BCUT2D eigenvalue weighted by molar-refractivity contribution is 6.39. The highest BCUT2D eigenvalue weighted by Crippen LogP contribution is 2.39. The Balaban J connectivity index is 1.75. The molecular formula is C42H67NO11. The van der Waals surface area contributed by atoms with E-state index in [-0.39, 0.29) is 55.4 Å². The van der Waals surface area contributed by atoms with Crippen LogP contribution in [0.2, 0.25) is 0 Å². The highest BCUT2D eigenvalue weighted by atomic mass is 16.7. The number of esters is 1. The quantitative estimate of drug-likeness (QED) is 0.199. The van der Waals surface area contributed by atoms with Crippen LogP contribution >= 0.6 is 0 Å². The van der Waals surface area contributed by atoms with Crippen molar-refractivity contribution in [3.63, 3.8) is 0 Å². The van der Waals surface area contributed by atoms with Gasteiger partial charge in [-0.2, -0.15) is 0 Å². The van der Waals surface area contributed by atoms with Crippen LogP contribution in [0.15, 0.2) is 23.3 Å². The van der Waals surface area contributed by atoms with E-state index in [0.717, 1.165) is 18.4 Å². The molecule has 1 amide bonds. The molecule has 12 heteroatoms. The molecule has 306 valence electrons. The van der Waals surface area contributed by atoms with Gasteiger partial charge in [0.05, 0.1) is 24.4 Å². The number of ether oxygens (including phenoxy) is 4. The van der Waals surface area contributed by atoms with Crippen molar-refractivity contribution in [3.8, 4) is 0 Å². The van der Waals surface area contributed by atoms with Crippen molar-refractivity contribution >= 4 is 23.4 Å². The van der Waals surface area contributed by atoms with Crippen molar-refractivity contribution in [1.29, 1.82) is 0 Å². The first-order valence-corrected chi connectivity index (χ1v) is 20.3. The fourth-order valence-electron chi connectivity index (χ4n) is 9.03. The van der Waals surface area contributed by atoms with Crippen LogP contribution in [0.25, 0.3) is 0 Å². The number of ketones is 2. The summed E-state index contributed by atoms with van der Waals surface area (Å²) in [5, 5.41) is 33.5. The zero-order valence-corrected chi connectivity index (χ0v) is 33.8. The maximum atomic E-state index is 14.2. The lowest BCUT2D eigenvalue weighted by Gasteiger charge is -2.47. The molecule has 11 atom stereocenters.